The van der Waals surface area contributed by atoms with Crippen LogP contribution in [0, 0.1) is 5.21 Å². The van der Waals surface area contributed by atoms with E-state index in [-0.39, 0.29) is 23.8 Å². The number of rotatable bonds is 6. The number of carbonyl (C=O) groups is 2. The smallest absolute Gasteiger partial charge is 0.336 e. The molecule has 2 heterocycles. The lowest BCUT2D eigenvalue weighted by Crippen LogP contribution is -2.28. The lowest BCUT2D eigenvalue weighted by molar-refractivity contribution is -0.645. The summed E-state index contributed by atoms with van der Waals surface area (Å²) in [5.74, 6) is -0.814. The maximum atomic E-state index is 12.0. The molecule has 144 valence electrons. The number of anilines is 1. The Morgan fingerprint density at radius 1 is 1.25 bits per heavy atom. The second-order valence-corrected chi connectivity index (χ2v) is 6.79. The van der Waals surface area contributed by atoms with Crippen LogP contribution < -0.4 is 15.7 Å². The normalized spacial score (nSPS) is 10.6. The first-order valence-electron chi connectivity index (χ1n) is 8.23. The highest BCUT2D eigenvalue weighted by Crippen LogP contribution is 2.22. The summed E-state index contributed by atoms with van der Waals surface area (Å²) in [4.78, 5) is 35.0. The van der Waals surface area contributed by atoms with Gasteiger partial charge in [-0.2, -0.15) is 4.73 Å². The highest BCUT2D eigenvalue weighted by atomic mass is 32.2. The topological polar surface area (TPSA) is 113 Å². The largest absolute Gasteiger partial charge is 0.618 e. The number of carbonyl (C=O) groups excluding carboxylic acids is 2. The van der Waals surface area contributed by atoms with Crippen LogP contribution >= 0.6 is 11.8 Å². The van der Waals surface area contributed by atoms with Crippen LogP contribution in [0.15, 0.2) is 62.9 Å². The average molecular weight is 400 g/mol. The lowest BCUT2D eigenvalue weighted by atomic mass is 10.1. The van der Waals surface area contributed by atoms with E-state index in [1.54, 1.807) is 30.3 Å². The van der Waals surface area contributed by atoms with Gasteiger partial charge in [-0.3, -0.25) is 9.59 Å². The van der Waals surface area contributed by atoms with Gasteiger partial charge in [-0.15, -0.1) is 0 Å². The number of benzene rings is 1. The Morgan fingerprint density at radius 3 is 2.82 bits per heavy atom. The highest BCUT2D eigenvalue weighted by Gasteiger charge is 2.12. The van der Waals surface area contributed by atoms with Gasteiger partial charge in [0.2, 0.25) is 5.91 Å². The van der Waals surface area contributed by atoms with Crippen LogP contribution in [0.5, 0.6) is 0 Å². The summed E-state index contributed by atoms with van der Waals surface area (Å²) in [6, 6.07) is 11.0. The number of amides is 1. The molecule has 0 saturated carbocycles. The van der Waals surface area contributed by atoms with E-state index in [1.165, 1.54) is 25.3 Å². The van der Waals surface area contributed by atoms with Crippen molar-refractivity contribution in [2.75, 3.05) is 11.1 Å². The van der Waals surface area contributed by atoms with Crippen LogP contribution in [0.2, 0.25) is 0 Å². The fraction of sp³-hybridized carbons (Fsp3) is 0.158. The van der Waals surface area contributed by atoms with E-state index in [4.69, 9.17) is 9.15 Å². The van der Waals surface area contributed by atoms with Crippen LogP contribution in [0.25, 0.3) is 11.0 Å². The molecular weight excluding hydrogens is 384 g/mol. The zero-order chi connectivity index (χ0) is 20.1. The summed E-state index contributed by atoms with van der Waals surface area (Å²) >= 11 is 1.06. The zero-order valence-corrected chi connectivity index (χ0v) is 15.7. The fourth-order valence-corrected chi connectivity index (χ4v) is 3.20. The number of fused-ring (bicyclic) bond motifs is 1. The Bertz CT molecular complexity index is 1100. The second kappa shape index (κ2) is 8.57. The second-order valence-electron chi connectivity index (χ2n) is 5.80. The first kappa shape index (κ1) is 19.4. The molecule has 1 amide bonds. The van der Waals surface area contributed by atoms with Crippen molar-refractivity contribution in [3.8, 4) is 0 Å². The van der Waals surface area contributed by atoms with Gasteiger partial charge in [0.05, 0.1) is 0 Å². The molecule has 9 heteroatoms. The van der Waals surface area contributed by atoms with E-state index in [0.29, 0.717) is 26.4 Å². The molecule has 8 nitrogen and oxygen atoms in total. The molecule has 0 atom stereocenters. The van der Waals surface area contributed by atoms with Gasteiger partial charge in [-0.1, -0.05) is 0 Å². The molecule has 0 spiro atoms. The van der Waals surface area contributed by atoms with Gasteiger partial charge in [0, 0.05) is 47.8 Å². The van der Waals surface area contributed by atoms with E-state index in [0.717, 1.165) is 11.8 Å². The molecule has 3 rings (SSSR count). The molecular formula is C19H16N2O6S. The maximum Gasteiger partial charge on any atom is 0.336 e. The summed E-state index contributed by atoms with van der Waals surface area (Å²) in [5, 5.41) is 15.1. The fourth-order valence-electron chi connectivity index (χ4n) is 2.49. The van der Waals surface area contributed by atoms with Crippen molar-refractivity contribution in [1.82, 2.24) is 0 Å². The number of nitrogens with one attached hydrogen (secondary N) is 1. The van der Waals surface area contributed by atoms with Crippen LogP contribution in [-0.2, 0) is 20.9 Å². The maximum absolute atomic E-state index is 12.0. The van der Waals surface area contributed by atoms with Gasteiger partial charge in [-0.05, 0) is 30.0 Å². The lowest BCUT2D eigenvalue weighted by Gasteiger charge is -2.09. The Morgan fingerprint density at radius 2 is 2.07 bits per heavy atom. The summed E-state index contributed by atoms with van der Waals surface area (Å²) in [7, 11) is 0. The van der Waals surface area contributed by atoms with Crippen LogP contribution in [0.1, 0.15) is 12.5 Å². The van der Waals surface area contributed by atoms with Gasteiger partial charge >= 0.3 is 11.6 Å². The summed E-state index contributed by atoms with van der Waals surface area (Å²) in [6.07, 6.45) is 1.35. The monoisotopic (exact) mass is 400 g/mol. The Kier molecular flexibility index (Phi) is 5.95. The molecule has 0 aliphatic rings. The van der Waals surface area contributed by atoms with E-state index in [1.807, 2.05) is 0 Å². The standard InChI is InChI=1S/C19H16N2O6S/c1-12(22)20-14-5-6-15-13(8-18(23)27-16(15)9-14)10-26-19(24)11-28-17-4-2-3-7-21(17)25/h2-9H,10-11H2,1H3,(H,20,22). The van der Waals surface area contributed by atoms with Crippen molar-refractivity contribution in [2.24, 2.45) is 0 Å². The van der Waals surface area contributed by atoms with E-state index >= 15 is 0 Å². The van der Waals surface area contributed by atoms with Crippen molar-refractivity contribution in [1.29, 1.82) is 0 Å². The number of nitrogens with zero attached hydrogens (tertiary/aromatic N) is 1. The number of hydrogen-bond acceptors (Lipinski definition) is 7. The van der Waals surface area contributed by atoms with Gasteiger partial charge in [0.15, 0.2) is 6.20 Å². The van der Waals surface area contributed by atoms with Crippen LogP contribution in [0.4, 0.5) is 5.69 Å². The molecule has 0 saturated heterocycles. The summed E-state index contributed by atoms with van der Waals surface area (Å²) in [6.45, 7) is 1.26. The third-order valence-corrected chi connectivity index (χ3v) is 4.66. The number of ether oxygens (including phenoxy) is 1. The quantitative estimate of drug-likeness (QED) is 0.222. The molecule has 0 aliphatic heterocycles. The molecule has 28 heavy (non-hydrogen) atoms. The minimum absolute atomic E-state index is 0.0433. The van der Waals surface area contributed by atoms with E-state index < -0.39 is 11.6 Å². The first-order valence-corrected chi connectivity index (χ1v) is 9.22. The third kappa shape index (κ3) is 4.89. The van der Waals surface area contributed by atoms with Gasteiger partial charge in [0.25, 0.3) is 5.03 Å². The van der Waals surface area contributed by atoms with Crippen LogP contribution in [-0.4, -0.2) is 17.6 Å². The SMILES string of the molecule is CC(=O)Nc1ccc2c(COC(=O)CSc3cccc[n+]3[O-])cc(=O)oc2c1. The molecule has 1 N–H and O–H groups in total. The number of pyridine rings is 1. The van der Waals surface area contributed by atoms with Gasteiger partial charge < -0.3 is 19.7 Å². The Balaban J connectivity index is 1.69. The number of aromatic nitrogens is 1. The Labute approximate surface area is 163 Å². The molecule has 0 bridgehead atoms. The van der Waals surface area contributed by atoms with E-state index in [9.17, 15) is 19.6 Å². The number of thioether (sulfide) groups is 1. The minimum atomic E-state index is -0.593. The van der Waals surface area contributed by atoms with Crippen molar-refractivity contribution in [2.45, 2.75) is 18.6 Å². The zero-order valence-electron chi connectivity index (χ0n) is 14.8. The van der Waals surface area contributed by atoms with Crippen molar-refractivity contribution in [3.63, 3.8) is 0 Å². The van der Waals surface area contributed by atoms with Gasteiger partial charge in [-0.25, -0.2) is 4.79 Å². The molecule has 0 aliphatic carbocycles. The van der Waals surface area contributed by atoms with E-state index in [2.05, 4.69) is 5.32 Å². The first-order chi connectivity index (χ1) is 13.4. The van der Waals surface area contributed by atoms with Crippen molar-refractivity contribution >= 4 is 40.3 Å². The minimum Gasteiger partial charge on any atom is -0.618 e. The van der Waals surface area contributed by atoms with Crippen molar-refractivity contribution < 1.29 is 23.5 Å². The molecule has 1 aromatic carbocycles. The number of esters is 1. The molecule has 0 fully saturated rings. The molecule has 2 aromatic heterocycles. The predicted octanol–water partition coefficient (Wildman–Crippen LogP) is 2.22. The third-order valence-electron chi connectivity index (χ3n) is 3.67. The van der Waals surface area contributed by atoms with Crippen LogP contribution in [0.3, 0.4) is 0 Å². The predicted molar refractivity (Wildman–Crippen MR) is 103 cm³/mol. The average Bonchev–Trinajstić information content (AvgIpc) is 2.64. The molecule has 3 aromatic rings. The highest BCUT2D eigenvalue weighted by molar-refractivity contribution is 7.99. The number of hydrogen-bond donors (Lipinski definition) is 1. The summed E-state index contributed by atoms with van der Waals surface area (Å²) in [5.41, 5.74) is 0.653. The molecule has 0 radical (unpaired) electrons. The summed E-state index contributed by atoms with van der Waals surface area (Å²) < 4.78 is 11.1. The molecule has 0 unspecified atom stereocenters. The Hall–Kier alpha value is -3.33. The van der Waals surface area contributed by atoms with Crippen molar-refractivity contribution in [3.05, 3.63) is 69.9 Å². The van der Waals surface area contributed by atoms with Gasteiger partial charge in [0.1, 0.15) is 17.9 Å².